The highest BCUT2D eigenvalue weighted by Gasteiger charge is 2.14. The number of nitrogens with one attached hydrogen (secondary N) is 2. The summed E-state index contributed by atoms with van der Waals surface area (Å²) in [5.41, 5.74) is 2.22. The van der Waals surface area contributed by atoms with Crippen molar-refractivity contribution >= 4 is 34.8 Å². The van der Waals surface area contributed by atoms with Crippen molar-refractivity contribution in [1.29, 1.82) is 0 Å². The summed E-state index contributed by atoms with van der Waals surface area (Å²) in [6.45, 7) is 4.57. The van der Waals surface area contributed by atoms with Crippen LogP contribution in [0.4, 0.5) is 11.4 Å². The Hall–Kier alpha value is -2.57. The fourth-order valence-corrected chi connectivity index (χ4v) is 2.64. The lowest BCUT2D eigenvalue weighted by atomic mass is 10.2. The Bertz CT molecular complexity index is 811. The third kappa shape index (κ3) is 6.58. The van der Waals surface area contributed by atoms with E-state index in [0.717, 1.165) is 5.56 Å². The molecule has 0 atom stereocenters. The van der Waals surface area contributed by atoms with Gasteiger partial charge in [0.1, 0.15) is 5.75 Å². The van der Waals surface area contributed by atoms with E-state index < -0.39 is 0 Å². The number of amides is 2. The van der Waals surface area contributed by atoms with Crippen LogP contribution in [0.1, 0.15) is 12.5 Å². The summed E-state index contributed by atoms with van der Waals surface area (Å²) in [4.78, 5) is 26.3. The maximum absolute atomic E-state index is 12.3. The summed E-state index contributed by atoms with van der Waals surface area (Å²) in [5, 5.41) is 6.20. The second kappa shape index (κ2) is 9.94. The van der Waals surface area contributed by atoms with Crippen molar-refractivity contribution in [2.75, 3.05) is 37.4 Å². The van der Waals surface area contributed by atoms with E-state index >= 15 is 0 Å². The number of benzene rings is 2. The molecule has 7 heteroatoms. The molecule has 27 heavy (non-hydrogen) atoms. The van der Waals surface area contributed by atoms with Gasteiger partial charge in [0.25, 0.3) is 0 Å². The van der Waals surface area contributed by atoms with Gasteiger partial charge < -0.3 is 15.4 Å². The molecule has 0 unspecified atom stereocenters. The van der Waals surface area contributed by atoms with Crippen molar-refractivity contribution < 1.29 is 14.3 Å². The minimum atomic E-state index is -0.203. The zero-order valence-electron chi connectivity index (χ0n) is 15.7. The second-order valence-electron chi connectivity index (χ2n) is 6.10. The van der Waals surface area contributed by atoms with E-state index in [-0.39, 0.29) is 24.9 Å². The highest BCUT2D eigenvalue weighted by atomic mass is 35.5. The zero-order valence-corrected chi connectivity index (χ0v) is 16.5. The van der Waals surface area contributed by atoms with Gasteiger partial charge in [-0.1, -0.05) is 30.7 Å². The maximum atomic E-state index is 12.3. The van der Waals surface area contributed by atoms with Gasteiger partial charge in [-0.05, 0) is 43.3 Å². The third-order valence-corrected chi connectivity index (χ3v) is 4.40. The Kier molecular flexibility index (Phi) is 7.64. The first-order valence-electron chi connectivity index (χ1n) is 8.63. The highest BCUT2D eigenvalue weighted by Crippen LogP contribution is 2.20. The molecule has 6 nitrogen and oxygen atoms in total. The lowest BCUT2D eigenvalue weighted by Gasteiger charge is -2.19. The van der Waals surface area contributed by atoms with Gasteiger partial charge in [0.2, 0.25) is 11.8 Å². The molecule has 0 radical (unpaired) electrons. The number of rotatable bonds is 8. The van der Waals surface area contributed by atoms with Crippen LogP contribution < -0.4 is 15.4 Å². The van der Waals surface area contributed by atoms with E-state index in [1.807, 2.05) is 19.9 Å². The van der Waals surface area contributed by atoms with E-state index in [9.17, 15) is 9.59 Å². The fraction of sp³-hybridized carbons (Fsp3) is 0.300. The molecule has 0 spiro atoms. The first-order chi connectivity index (χ1) is 12.9. The lowest BCUT2D eigenvalue weighted by Crippen LogP contribution is -2.38. The number of carbonyl (C=O) groups excluding carboxylic acids is 2. The molecule has 2 N–H and O–H groups in total. The van der Waals surface area contributed by atoms with Gasteiger partial charge in [-0.2, -0.15) is 0 Å². The zero-order chi connectivity index (χ0) is 19.8. The summed E-state index contributed by atoms with van der Waals surface area (Å²) in [5.74, 6) is 0.263. The predicted octanol–water partition coefficient (Wildman–Crippen LogP) is 3.56. The fourth-order valence-electron chi connectivity index (χ4n) is 2.46. The van der Waals surface area contributed by atoms with E-state index in [1.54, 1.807) is 48.4 Å². The second-order valence-corrected chi connectivity index (χ2v) is 6.50. The van der Waals surface area contributed by atoms with E-state index in [2.05, 4.69) is 10.6 Å². The molecule has 0 aromatic heterocycles. The average Bonchev–Trinajstić information content (AvgIpc) is 2.64. The van der Waals surface area contributed by atoms with E-state index in [1.165, 1.54) is 0 Å². The van der Waals surface area contributed by atoms with Crippen molar-refractivity contribution in [3.05, 3.63) is 53.1 Å². The van der Waals surface area contributed by atoms with Gasteiger partial charge in [-0.15, -0.1) is 0 Å². The quantitative estimate of drug-likeness (QED) is 0.724. The molecule has 0 aliphatic heterocycles. The average molecular weight is 390 g/mol. The van der Waals surface area contributed by atoms with Crippen LogP contribution in [0.5, 0.6) is 5.75 Å². The van der Waals surface area contributed by atoms with E-state index in [0.29, 0.717) is 28.7 Å². The largest absolute Gasteiger partial charge is 0.497 e. The molecule has 0 aliphatic rings. The molecular formula is C20H24ClN3O3. The van der Waals surface area contributed by atoms with Gasteiger partial charge in [-0.25, -0.2) is 0 Å². The number of ether oxygens (including phenoxy) is 1. The number of likely N-dealkylation sites (N-methyl/N-ethyl adjacent to an activating group) is 1. The Morgan fingerprint density at radius 2 is 1.67 bits per heavy atom. The van der Waals surface area contributed by atoms with Crippen molar-refractivity contribution in [3.63, 3.8) is 0 Å². The van der Waals surface area contributed by atoms with Crippen LogP contribution in [-0.4, -0.2) is 43.5 Å². The van der Waals surface area contributed by atoms with Crippen LogP contribution in [0.25, 0.3) is 0 Å². The molecule has 2 aromatic carbocycles. The normalized spacial score (nSPS) is 10.6. The SMILES string of the molecule is CCN(CC(=O)Nc1cccc(OC)c1)CC(=O)Nc1ccc(C)c(Cl)c1. The first kappa shape index (κ1) is 20.7. The number of nitrogens with zero attached hydrogens (tertiary/aromatic N) is 1. The van der Waals surface area contributed by atoms with Gasteiger partial charge in [0, 0.05) is 22.5 Å². The number of anilines is 2. The third-order valence-electron chi connectivity index (χ3n) is 3.99. The Labute approximate surface area is 164 Å². The molecule has 0 heterocycles. The van der Waals surface area contributed by atoms with Crippen molar-refractivity contribution in [1.82, 2.24) is 4.90 Å². The first-order valence-corrected chi connectivity index (χ1v) is 9.01. The van der Waals surface area contributed by atoms with Gasteiger partial charge in [0.05, 0.1) is 20.2 Å². The summed E-state index contributed by atoms with van der Waals surface area (Å²) in [6.07, 6.45) is 0. The van der Waals surface area contributed by atoms with Crippen LogP contribution in [-0.2, 0) is 9.59 Å². The topological polar surface area (TPSA) is 70.7 Å². The number of hydrogen-bond donors (Lipinski definition) is 2. The molecule has 144 valence electrons. The highest BCUT2D eigenvalue weighted by molar-refractivity contribution is 6.31. The Morgan fingerprint density at radius 3 is 2.22 bits per heavy atom. The molecule has 2 aromatic rings. The van der Waals surface area contributed by atoms with Gasteiger partial charge in [-0.3, -0.25) is 14.5 Å². The molecule has 0 bridgehead atoms. The molecule has 0 fully saturated rings. The monoisotopic (exact) mass is 389 g/mol. The smallest absolute Gasteiger partial charge is 0.238 e. The van der Waals surface area contributed by atoms with Crippen LogP contribution in [0.2, 0.25) is 5.02 Å². The van der Waals surface area contributed by atoms with Gasteiger partial charge in [0.15, 0.2) is 0 Å². The maximum Gasteiger partial charge on any atom is 0.238 e. The van der Waals surface area contributed by atoms with E-state index in [4.69, 9.17) is 16.3 Å². The van der Waals surface area contributed by atoms with Gasteiger partial charge >= 0.3 is 0 Å². The predicted molar refractivity (Wildman–Crippen MR) is 109 cm³/mol. The minimum absolute atomic E-state index is 0.105. The molecule has 0 aliphatic carbocycles. The Balaban J connectivity index is 1.88. The summed E-state index contributed by atoms with van der Waals surface area (Å²) >= 11 is 6.07. The van der Waals surface area contributed by atoms with Crippen LogP contribution in [0, 0.1) is 6.92 Å². The Morgan fingerprint density at radius 1 is 1.04 bits per heavy atom. The van der Waals surface area contributed by atoms with Crippen LogP contribution >= 0.6 is 11.6 Å². The summed E-state index contributed by atoms with van der Waals surface area (Å²) < 4.78 is 5.14. The molecule has 0 saturated carbocycles. The number of carbonyl (C=O) groups is 2. The van der Waals surface area contributed by atoms with Crippen molar-refractivity contribution in [2.24, 2.45) is 0 Å². The van der Waals surface area contributed by atoms with Crippen molar-refractivity contribution in [2.45, 2.75) is 13.8 Å². The molecular weight excluding hydrogens is 366 g/mol. The van der Waals surface area contributed by atoms with Crippen LogP contribution in [0.15, 0.2) is 42.5 Å². The number of methoxy groups -OCH3 is 1. The molecule has 2 rings (SSSR count). The lowest BCUT2D eigenvalue weighted by molar-refractivity contribution is -0.119. The van der Waals surface area contributed by atoms with Crippen LogP contribution in [0.3, 0.4) is 0 Å². The van der Waals surface area contributed by atoms with Crippen molar-refractivity contribution in [3.8, 4) is 5.75 Å². The molecule has 2 amide bonds. The number of hydrogen-bond acceptors (Lipinski definition) is 4. The number of halogens is 1. The number of aryl methyl sites for hydroxylation is 1. The minimum Gasteiger partial charge on any atom is -0.497 e. The summed E-state index contributed by atoms with van der Waals surface area (Å²) in [6, 6.07) is 12.5. The standard InChI is InChI=1S/C20H24ClN3O3/c1-4-24(12-19(25)22-15-6-5-7-17(10-15)27-3)13-20(26)23-16-9-8-14(2)18(21)11-16/h5-11H,4,12-13H2,1-3H3,(H,22,25)(H,23,26). The summed E-state index contributed by atoms with van der Waals surface area (Å²) in [7, 11) is 1.57. The molecule has 0 saturated heterocycles.